The third-order valence-corrected chi connectivity index (χ3v) is 5.66. The van der Waals surface area contributed by atoms with E-state index in [0.29, 0.717) is 23.9 Å². The molecule has 2 aromatic rings. The molecule has 3 nitrogen and oxygen atoms in total. The van der Waals surface area contributed by atoms with Crippen LogP contribution in [0.3, 0.4) is 0 Å². The molecule has 0 radical (unpaired) electrons. The van der Waals surface area contributed by atoms with Crippen molar-refractivity contribution in [3.8, 4) is 0 Å². The summed E-state index contributed by atoms with van der Waals surface area (Å²) in [6, 6.07) is 14.9. The van der Waals surface area contributed by atoms with Gasteiger partial charge in [-0.15, -0.1) is 12.4 Å². The van der Waals surface area contributed by atoms with Crippen molar-refractivity contribution in [1.29, 1.82) is 0 Å². The van der Waals surface area contributed by atoms with Crippen LogP contribution in [0.4, 0.5) is 13.2 Å². The SMILES string of the molecule is Cl.O=C(Cc1ccc(C(F)(F)F)cc1)N1C[C@@H]2CNC[C@@H]2[C@H]1c1ccccc1. The second kappa shape index (κ2) is 8.13. The fraction of sp³-hybridized carbons (Fsp3) is 0.381. The number of carbonyl (C=O) groups excluding carboxylic acids is 1. The fourth-order valence-corrected chi connectivity index (χ4v) is 4.34. The van der Waals surface area contributed by atoms with E-state index in [0.717, 1.165) is 30.8 Å². The molecule has 0 saturated carbocycles. The molecule has 2 fully saturated rings. The molecule has 2 heterocycles. The lowest BCUT2D eigenvalue weighted by atomic mass is 9.89. The van der Waals surface area contributed by atoms with Crippen LogP contribution in [0.1, 0.15) is 22.7 Å². The normalized spacial score (nSPS) is 24.0. The van der Waals surface area contributed by atoms with Crippen LogP contribution in [0, 0.1) is 11.8 Å². The van der Waals surface area contributed by atoms with Crippen molar-refractivity contribution in [2.75, 3.05) is 19.6 Å². The molecule has 2 saturated heterocycles. The maximum Gasteiger partial charge on any atom is 0.416 e. The Morgan fingerprint density at radius 2 is 1.71 bits per heavy atom. The molecular formula is C21H22ClF3N2O. The smallest absolute Gasteiger partial charge is 0.335 e. The highest BCUT2D eigenvalue weighted by molar-refractivity contribution is 5.85. The standard InChI is InChI=1S/C21H21F3N2O.ClH/c22-21(23,24)17-8-6-14(7-9-17)10-19(27)26-13-16-11-25-12-18(16)20(26)15-4-2-1-3-5-15;/h1-9,16,18,20,25H,10-13H2;1H/t16-,18-,20+;/m0./s1. The van der Waals surface area contributed by atoms with Crippen LogP contribution in [-0.2, 0) is 17.4 Å². The van der Waals surface area contributed by atoms with Crippen molar-refractivity contribution in [2.45, 2.75) is 18.6 Å². The van der Waals surface area contributed by atoms with Crippen LogP contribution in [0.15, 0.2) is 54.6 Å². The minimum Gasteiger partial charge on any atom is -0.335 e. The van der Waals surface area contributed by atoms with E-state index in [2.05, 4.69) is 5.32 Å². The third kappa shape index (κ3) is 4.03. The predicted molar refractivity (Wildman–Crippen MR) is 103 cm³/mol. The van der Waals surface area contributed by atoms with E-state index in [1.807, 2.05) is 35.2 Å². The molecule has 0 spiro atoms. The minimum atomic E-state index is -4.36. The van der Waals surface area contributed by atoms with E-state index in [1.54, 1.807) is 0 Å². The van der Waals surface area contributed by atoms with E-state index in [1.165, 1.54) is 12.1 Å². The van der Waals surface area contributed by atoms with E-state index >= 15 is 0 Å². The molecule has 7 heteroatoms. The summed E-state index contributed by atoms with van der Waals surface area (Å²) >= 11 is 0. The first kappa shape index (κ1) is 20.7. The van der Waals surface area contributed by atoms with E-state index in [9.17, 15) is 18.0 Å². The number of likely N-dealkylation sites (tertiary alicyclic amines) is 1. The van der Waals surface area contributed by atoms with Crippen LogP contribution < -0.4 is 5.32 Å². The van der Waals surface area contributed by atoms with Gasteiger partial charge in [0.2, 0.25) is 5.91 Å². The summed E-state index contributed by atoms with van der Waals surface area (Å²) in [6.45, 7) is 2.48. The number of alkyl halides is 3. The third-order valence-electron chi connectivity index (χ3n) is 5.66. The molecule has 0 bridgehead atoms. The average molecular weight is 411 g/mol. The van der Waals surface area contributed by atoms with Gasteiger partial charge < -0.3 is 10.2 Å². The molecule has 28 heavy (non-hydrogen) atoms. The topological polar surface area (TPSA) is 32.3 Å². The summed E-state index contributed by atoms with van der Waals surface area (Å²) in [6.07, 6.45) is -4.24. The van der Waals surface area contributed by atoms with E-state index in [4.69, 9.17) is 0 Å². The van der Waals surface area contributed by atoms with Crippen molar-refractivity contribution in [3.63, 3.8) is 0 Å². The second-order valence-electron chi connectivity index (χ2n) is 7.36. The van der Waals surface area contributed by atoms with Crippen LogP contribution in [0.5, 0.6) is 0 Å². The molecule has 0 aliphatic carbocycles. The summed E-state index contributed by atoms with van der Waals surface area (Å²) in [4.78, 5) is 14.9. The molecule has 2 aliphatic heterocycles. The molecule has 1 amide bonds. The Bertz CT molecular complexity index is 811. The fourth-order valence-electron chi connectivity index (χ4n) is 4.34. The molecule has 3 atom stereocenters. The lowest BCUT2D eigenvalue weighted by Gasteiger charge is -2.28. The van der Waals surface area contributed by atoms with Gasteiger partial charge in [0.05, 0.1) is 18.0 Å². The zero-order valence-corrected chi connectivity index (χ0v) is 16.0. The molecule has 2 aromatic carbocycles. The monoisotopic (exact) mass is 410 g/mol. The van der Waals surface area contributed by atoms with Gasteiger partial charge in [0.1, 0.15) is 0 Å². The van der Waals surface area contributed by atoms with E-state index in [-0.39, 0.29) is 30.8 Å². The van der Waals surface area contributed by atoms with Crippen LogP contribution in [-0.4, -0.2) is 30.4 Å². The van der Waals surface area contributed by atoms with Gasteiger partial charge in [-0.25, -0.2) is 0 Å². The van der Waals surface area contributed by atoms with Crippen molar-refractivity contribution < 1.29 is 18.0 Å². The number of hydrogen-bond acceptors (Lipinski definition) is 2. The van der Waals surface area contributed by atoms with Crippen LogP contribution in [0.25, 0.3) is 0 Å². The molecule has 2 aliphatic rings. The maximum absolute atomic E-state index is 13.0. The molecule has 0 unspecified atom stereocenters. The summed E-state index contributed by atoms with van der Waals surface area (Å²) in [5, 5.41) is 3.41. The van der Waals surface area contributed by atoms with Crippen LogP contribution in [0.2, 0.25) is 0 Å². The number of halogens is 4. The summed E-state index contributed by atoms with van der Waals surface area (Å²) in [5.74, 6) is 0.772. The van der Waals surface area contributed by atoms with E-state index < -0.39 is 11.7 Å². The predicted octanol–water partition coefficient (Wildman–Crippen LogP) is 4.09. The van der Waals surface area contributed by atoms with Gasteiger partial charge in [0, 0.05) is 25.6 Å². The molecular weight excluding hydrogens is 389 g/mol. The summed E-state index contributed by atoms with van der Waals surface area (Å²) in [7, 11) is 0. The quantitative estimate of drug-likeness (QED) is 0.826. The van der Waals surface area contributed by atoms with Gasteiger partial charge in [0.25, 0.3) is 0 Å². The number of benzene rings is 2. The van der Waals surface area contributed by atoms with Gasteiger partial charge >= 0.3 is 6.18 Å². The number of rotatable bonds is 3. The summed E-state index contributed by atoms with van der Waals surface area (Å²) < 4.78 is 38.2. The Hall–Kier alpha value is -2.05. The number of nitrogens with one attached hydrogen (secondary N) is 1. The zero-order chi connectivity index (χ0) is 19.0. The van der Waals surface area contributed by atoms with Gasteiger partial charge in [-0.1, -0.05) is 42.5 Å². The van der Waals surface area contributed by atoms with Gasteiger partial charge in [-0.05, 0) is 29.2 Å². The first-order valence-corrected chi connectivity index (χ1v) is 9.15. The summed E-state index contributed by atoms with van der Waals surface area (Å²) in [5.41, 5.74) is 1.03. The number of fused-ring (bicyclic) bond motifs is 1. The highest BCUT2D eigenvalue weighted by atomic mass is 35.5. The number of amides is 1. The lowest BCUT2D eigenvalue weighted by Crippen LogP contribution is -2.35. The number of nitrogens with zero attached hydrogens (tertiary/aromatic N) is 1. The molecule has 4 rings (SSSR count). The first-order valence-electron chi connectivity index (χ1n) is 9.15. The molecule has 1 N–H and O–H groups in total. The largest absolute Gasteiger partial charge is 0.416 e. The van der Waals surface area contributed by atoms with Crippen molar-refractivity contribution in [3.05, 3.63) is 71.3 Å². The molecule has 0 aromatic heterocycles. The lowest BCUT2D eigenvalue weighted by molar-refractivity contribution is -0.137. The van der Waals surface area contributed by atoms with Gasteiger partial charge in [-0.3, -0.25) is 4.79 Å². The maximum atomic E-state index is 13.0. The average Bonchev–Trinajstić information content (AvgIpc) is 3.23. The van der Waals surface area contributed by atoms with Gasteiger partial charge in [-0.2, -0.15) is 13.2 Å². The Labute approximate surface area is 168 Å². The Morgan fingerprint density at radius 3 is 2.36 bits per heavy atom. The first-order chi connectivity index (χ1) is 12.9. The zero-order valence-electron chi connectivity index (χ0n) is 15.2. The second-order valence-corrected chi connectivity index (χ2v) is 7.36. The Kier molecular flexibility index (Phi) is 6.01. The Balaban J connectivity index is 0.00000225. The number of hydrogen-bond donors (Lipinski definition) is 1. The molecule has 150 valence electrons. The minimum absolute atomic E-state index is 0. The highest BCUT2D eigenvalue weighted by Crippen LogP contribution is 2.42. The van der Waals surface area contributed by atoms with Crippen LogP contribution >= 0.6 is 12.4 Å². The Morgan fingerprint density at radius 1 is 1.04 bits per heavy atom. The van der Waals surface area contributed by atoms with Gasteiger partial charge in [0.15, 0.2) is 0 Å². The highest BCUT2D eigenvalue weighted by Gasteiger charge is 2.46. The van der Waals surface area contributed by atoms with Crippen molar-refractivity contribution >= 4 is 18.3 Å². The van der Waals surface area contributed by atoms with Crippen molar-refractivity contribution in [1.82, 2.24) is 10.2 Å². The number of carbonyl (C=O) groups is 1. The van der Waals surface area contributed by atoms with Crippen molar-refractivity contribution in [2.24, 2.45) is 11.8 Å².